The average molecular weight is 456 g/mol. The Labute approximate surface area is 174 Å². The molecule has 0 fully saturated rings. The monoisotopic (exact) mass is 455 g/mol. The zero-order valence-electron chi connectivity index (χ0n) is 16.5. The molecule has 2 rings (SSSR count). The van der Waals surface area contributed by atoms with Crippen LogP contribution in [0.3, 0.4) is 0 Å². The van der Waals surface area contributed by atoms with E-state index in [1.807, 2.05) is 0 Å². The molecule has 2 N–H and O–H groups in total. The summed E-state index contributed by atoms with van der Waals surface area (Å²) in [5.41, 5.74) is 0.587. The zero-order valence-corrected chi connectivity index (χ0v) is 18.1. The molecule has 10 nitrogen and oxygen atoms in total. The van der Waals surface area contributed by atoms with Gasteiger partial charge in [0.2, 0.25) is 10.0 Å². The molecule has 0 aliphatic heterocycles. The number of nitrogens with one attached hydrogen (secondary N) is 2. The normalized spacial score (nSPS) is 11.8. The number of hydrogen-bond acceptors (Lipinski definition) is 7. The number of nitrogens with zero attached hydrogens (tertiary/aromatic N) is 1. The first-order chi connectivity index (χ1) is 13.8. The van der Waals surface area contributed by atoms with E-state index in [-0.39, 0.29) is 28.4 Å². The Morgan fingerprint density at radius 1 is 1.03 bits per heavy atom. The highest BCUT2D eigenvalue weighted by molar-refractivity contribution is 7.90. The molecule has 2 aromatic carbocycles. The topological polar surface area (TPSA) is 153 Å². The van der Waals surface area contributed by atoms with Gasteiger partial charge in [-0.05, 0) is 37.1 Å². The van der Waals surface area contributed by atoms with Crippen molar-refractivity contribution in [1.82, 2.24) is 10.0 Å². The van der Waals surface area contributed by atoms with Gasteiger partial charge in [-0.25, -0.2) is 21.6 Å². The SMILES string of the molecule is Cc1ccc(C)c(S(=O)(=O)NCCNC(=O)c2cc([N+](=O)[O-])cc(S(C)(=O)=O)c2)c1. The van der Waals surface area contributed by atoms with Crippen molar-refractivity contribution in [2.75, 3.05) is 19.3 Å². The highest BCUT2D eigenvalue weighted by Crippen LogP contribution is 2.21. The van der Waals surface area contributed by atoms with E-state index in [1.165, 1.54) is 6.07 Å². The van der Waals surface area contributed by atoms with Gasteiger partial charge in [0.05, 0.1) is 14.7 Å². The number of nitro benzene ring substituents is 1. The van der Waals surface area contributed by atoms with Crippen LogP contribution in [0.5, 0.6) is 0 Å². The standard InChI is InChI=1S/C18H21N3O7S2/c1-12-4-5-13(2)17(8-12)30(27,28)20-7-6-19-18(22)14-9-15(21(23)24)11-16(10-14)29(3,25)26/h4-5,8-11,20H,6-7H2,1-3H3,(H,19,22). The minimum atomic E-state index is -3.79. The first-order valence-corrected chi connectivity index (χ1v) is 12.0. The fraction of sp³-hybridized carbons (Fsp3) is 0.278. The summed E-state index contributed by atoms with van der Waals surface area (Å²) in [4.78, 5) is 22.3. The average Bonchev–Trinajstić information content (AvgIpc) is 2.65. The molecule has 0 aliphatic rings. The van der Waals surface area contributed by atoms with E-state index < -0.39 is 36.4 Å². The number of nitro groups is 1. The maximum absolute atomic E-state index is 12.4. The molecular formula is C18H21N3O7S2. The molecule has 162 valence electrons. The van der Waals surface area contributed by atoms with Crippen molar-refractivity contribution in [3.05, 3.63) is 63.2 Å². The van der Waals surface area contributed by atoms with Crippen molar-refractivity contribution in [2.24, 2.45) is 0 Å². The van der Waals surface area contributed by atoms with Gasteiger partial charge in [-0.15, -0.1) is 0 Å². The first-order valence-electron chi connectivity index (χ1n) is 8.66. The van der Waals surface area contributed by atoms with E-state index >= 15 is 0 Å². The predicted molar refractivity (Wildman–Crippen MR) is 110 cm³/mol. The summed E-state index contributed by atoms with van der Waals surface area (Å²) in [5, 5.41) is 13.4. The van der Waals surface area contributed by atoms with Crippen molar-refractivity contribution >= 4 is 31.5 Å². The molecule has 0 bridgehead atoms. The van der Waals surface area contributed by atoms with Crippen LogP contribution in [-0.2, 0) is 19.9 Å². The first kappa shape index (κ1) is 23.4. The van der Waals surface area contributed by atoms with Crippen molar-refractivity contribution < 1.29 is 26.6 Å². The Kier molecular flexibility index (Phi) is 6.95. The summed E-state index contributed by atoms with van der Waals surface area (Å²) < 4.78 is 50.6. The number of sulfonamides is 1. The van der Waals surface area contributed by atoms with Gasteiger partial charge in [-0.1, -0.05) is 12.1 Å². The lowest BCUT2D eigenvalue weighted by Gasteiger charge is -2.11. The van der Waals surface area contributed by atoms with E-state index in [9.17, 15) is 31.7 Å². The summed E-state index contributed by atoms with van der Waals surface area (Å²) in [6.07, 6.45) is 0.871. The quantitative estimate of drug-likeness (QED) is 0.346. The third-order valence-corrected chi connectivity index (χ3v) is 6.82. The second-order valence-electron chi connectivity index (χ2n) is 6.67. The molecule has 0 radical (unpaired) electrons. The Balaban J connectivity index is 2.08. The number of hydrogen-bond donors (Lipinski definition) is 2. The third kappa shape index (κ3) is 5.84. The molecule has 0 atom stereocenters. The van der Waals surface area contributed by atoms with Gasteiger partial charge < -0.3 is 5.32 Å². The van der Waals surface area contributed by atoms with Crippen LogP contribution in [0.25, 0.3) is 0 Å². The molecule has 0 aliphatic carbocycles. The van der Waals surface area contributed by atoms with Crippen LogP contribution in [-0.4, -0.2) is 47.0 Å². The number of carbonyl (C=O) groups is 1. The summed E-state index contributed by atoms with van der Waals surface area (Å²) in [7, 11) is -7.56. The van der Waals surface area contributed by atoms with E-state index in [0.29, 0.717) is 5.56 Å². The van der Waals surface area contributed by atoms with Crippen LogP contribution in [0.1, 0.15) is 21.5 Å². The third-order valence-electron chi connectivity index (χ3n) is 4.13. The molecule has 12 heteroatoms. The largest absolute Gasteiger partial charge is 0.351 e. The van der Waals surface area contributed by atoms with Crippen molar-refractivity contribution in [3.8, 4) is 0 Å². The van der Waals surface area contributed by atoms with Gasteiger partial charge in [-0.2, -0.15) is 0 Å². The van der Waals surface area contributed by atoms with Gasteiger partial charge >= 0.3 is 0 Å². The molecule has 0 saturated carbocycles. The lowest BCUT2D eigenvalue weighted by Crippen LogP contribution is -2.35. The van der Waals surface area contributed by atoms with Crippen LogP contribution in [0.15, 0.2) is 46.2 Å². The molecule has 1 amide bonds. The molecule has 0 unspecified atom stereocenters. The van der Waals surface area contributed by atoms with Crippen LogP contribution >= 0.6 is 0 Å². The van der Waals surface area contributed by atoms with Crippen molar-refractivity contribution in [3.63, 3.8) is 0 Å². The summed E-state index contributed by atoms with van der Waals surface area (Å²) >= 11 is 0. The number of non-ortho nitro benzene ring substituents is 1. The smallest absolute Gasteiger partial charge is 0.271 e. The summed E-state index contributed by atoms with van der Waals surface area (Å²) in [5.74, 6) is -0.769. The van der Waals surface area contributed by atoms with Gasteiger partial charge in [-0.3, -0.25) is 14.9 Å². The minimum Gasteiger partial charge on any atom is -0.351 e. The molecule has 0 heterocycles. The predicted octanol–water partition coefficient (Wildman–Crippen LogP) is 1.32. The van der Waals surface area contributed by atoms with Crippen molar-refractivity contribution in [2.45, 2.75) is 23.6 Å². The molecule has 0 aromatic heterocycles. The van der Waals surface area contributed by atoms with E-state index in [0.717, 1.165) is 30.0 Å². The van der Waals surface area contributed by atoms with Gasteiger partial charge in [0.15, 0.2) is 9.84 Å². The highest BCUT2D eigenvalue weighted by atomic mass is 32.2. The number of benzene rings is 2. The Hall–Kier alpha value is -2.83. The lowest BCUT2D eigenvalue weighted by atomic mass is 10.2. The van der Waals surface area contributed by atoms with Crippen molar-refractivity contribution in [1.29, 1.82) is 0 Å². The van der Waals surface area contributed by atoms with Gasteiger partial charge in [0, 0.05) is 37.0 Å². The fourth-order valence-corrected chi connectivity index (χ4v) is 4.61. The van der Waals surface area contributed by atoms with E-state index in [1.54, 1.807) is 26.0 Å². The number of aryl methyl sites for hydroxylation is 2. The second-order valence-corrected chi connectivity index (χ2v) is 10.4. The van der Waals surface area contributed by atoms with Crippen LogP contribution in [0.4, 0.5) is 5.69 Å². The number of rotatable bonds is 8. The Morgan fingerprint density at radius 3 is 2.30 bits per heavy atom. The Bertz CT molecular complexity index is 1210. The summed E-state index contributed by atoms with van der Waals surface area (Å²) in [6, 6.07) is 7.85. The molecule has 0 saturated heterocycles. The zero-order chi connectivity index (χ0) is 22.7. The van der Waals surface area contributed by atoms with Gasteiger partial charge in [0.25, 0.3) is 11.6 Å². The minimum absolute atomic E-state index is 0.111. The van der Waals surface area contributed by atoms with Crippen LogP contribution < -0.4 is 10.0 Å². The highest BCUT2D eigenvalue weighted by Gasteiger charge is 2.20. The van der Waals surface area contributed by atoms with Crippen LogP contribution in [0.2, 0.25) is 0 Å². The fourth-order valence-electron chi connectivity index (χ4n) is 2.57. The summed E-state index contributed by atoms with van der Waals surface area (Å²) in [6.45, 7) is 3.19. The molecule has 30 heavy (non-hydrogen) atoms. The molecule has 0 spiro atoms. The molecular weight excluding hydrogens is 434 g/mol. The Morgan fingerprint density at radius 2 is 1.70 bits per heavy atom. The number of carbonyl (C=O) groups excluding carboxylic acids is 1. The van der Waals surface area contributed by atoms with E-state index in [2.05, 4.69) is 10.0 Å². The lowest BCUT2D eigenvalue weighted by molar-refractivity contribution is -0.385. The van der Waals surface area contributed by atoms with Gasteiger partial charge in [0.1, 0.15) is 0 Å². The van der Waals surface area contributed by atoms with Crippen LogP contribution in [0, 0.1) is 24.0 Å². The molecule has 2 aromatic rings. The maximum Gasteiger partial charge on any atom is 0.271 e. The maximum atomic E-state index is 12.4. The van der Waals surface area contributed by atoms with E-state index in [4.69, 9.17) is 0 Å². The number of sulfone groups is 1. The second kappa shape index (κ2) is 8.90. The number of amides is 1.